The third-order valence-corrected chi connectivity index (χ3v) is 5.10. The number of likely N-dealkylation sites (N-methyl/N-ethyl adjacent to an activating group) is 1. The highest BCUT2D eigenvalue weighted by Gasteiger charge is 2.20. The van der Waals surface area contributed by atoms with Crippen LogP contribution in [0.3, 0.4) is 0 Å². The van der Waals surface area contributed by atoms with E-state index in [0.717, 1.165) is 12.1 Å². The molecule has 0 atom stereocenters. The van der Waals surface area contributed by atoms with Gasteiger partial charge in [0.05, 0.1) is 23.4 Å². The molecule has 0 unspecified atom stereocenters. The van der Waals surface area contributed by atoms with Crippen LogP contribution in [0.4, 0.5) is 15.9 Å². The monoisotopic (exact) mass is 431 g/mol. The average molecular weight is 431 g/mol. The van der Waals surface area contributed by atoms with Crippen LogP contribution in [-0.2, 0) is 0 Å². The van der Waals surface area contributed by atoms with E-state index in [4.69, 9.17) is 0 Å². The molecule has 3 aromatic rings. The molecule has 8 heteroatoms. The molecule has 0 saturated carbocycles. The quantitative estimate of drug-likeness (QED) is 0.645. The van der Waals surface area contributed by atoms with Gasteiger partial charge in [0.25, 0.3) is 11.8 Å². The molecule has 0 bridgehead atoms. The van der Waals surface area contributed by atoms with Crippen molar-refractivity contribution >= 4 is 29.2 Å². The largest absolute Gasteiger partial charge is 0.358 e. The number of amides is 2. The highest BCUT2D eigenvalue weighted by atomic mass is 19.1. The number of nitrogens with zero attached hydrogens (tertiary/aromatic N) is 3. The second kappa shape index (κ2) is 8.97. The molecule has 1 aliphatic heterocycles. The lowest BCUT2D eigenvalue weighted by Gasteiger charge is -2.15. The Bertz CT molecular complexity index is 1210. The maximum Gasteiger partial charge on any atom is 0.258 e. The predicted octanol–water partition coefficient (Wildman–Crippen LogP) is 3.73. The van der Waals surface area contributed by atoms with Crippen molar-refractivity contribution in [1.29, 1.82) is 0 Å². The summed E-state index contributed by atoms with van der Waals surface area (Å²) in [5.74, 6) is -0.653. The number of halogens is 1. The fourth-order valence-electron chi connectivity index (χ4n) is 3.39. The number of aromatic nitrogens is 1. The number of nitrogens with one attached hydrogen (secondary N) is 2. The summed E-state index contributed by atoms with van der Waals surface area (Å²) >= 11 is 0. The molecule has 162 valence electrons. The Morgan fingerprint density at radius 1 is 1.00 bits per heavy atom. The van der Waals surface area contributed by atoms with Gasteiger partial charge >= 0.3 is 0 Å². The van der Waals surface area contributed by atoms with Gasteiger partial charge in [0.2, 0.25) is 0 Å². The first kappa shape index (κ1) is 21.2. The Balaban J connectivity index is 1.52. The maximum atomic E-state index is 14.7. The summed E-state index contributed by atoms with van der Waals surface area (Å²) in [5, 5.41) is 5.34. The summed E-state index contributed by atoms with van der Waals surface area (Å²) in [6, 6.07) is 14.4. The Hall–Kier alpha value is -4.07. The van der Waals surface area contributed by atoms with E-state index in [1.54, 1.807) is 42.6 Å². The van der Waals surface area contributed by atoms with Crippen molar-refractivity contribution in [3.05, 3.63) is 88.9 Å². The van der Waals surface area contributed by atoms with Crippen LogP contribution < -0.4 is 10.6 Å². The minimum atomic E-state index is -0.659. The number of anilines is 2. The maximum absolute atomic E-state index is 14.7. The van der Waals surface area contributed by atoms with Gasteiger partial charge < -0.3 is 15.5 Å². The van der Waals surface area contributed by atoms with Gasteiger partial charge in [-0.15, -0.1) is 0 Å². The lowest BCUT2D eigenvalue weighted by molar-refractivity contribution is 0.102. The summed E-state index contributed by atoms with van der Waals surface area (Å²) in [6.45, 7) is 3.33. The van der Waals surface area contributed by atoms with Crippen LogP contribution in [0, 0.1) is 12.7 Å². The average Bonchev–Trinajstić information content (AvgIpc) is 3.21. The number of amidine groups is 1. The number of aryl methyl sites for hydroxylation is 1. The molecular formula is C24H22FN5O2. The lowest BCUT2D eigenvalue weighted by atomic mass is 10.1. The zero-order valence-corrected chi connectivity index (χ0v) is 17.7. The second-order valence-corrected chi connectivity index (χ2v) is 7.50. The van der Waals surface area contributed by atoms with Crippen LogP contribution in [0.15, 0.2) is 65.8 Å². The molecule has 0 fully saturated rings. The topological polar surface area (TPSA) is 86.7 Å². The van der Waals surface area contributed by atoms with E-state index in [0.29, 0.717) is 23.8 Å². The number of benzene rings is 2. The number of rotatable bonds is 5. The van der Waals surface area contributed by atoms with Crippen LogP contribution in [0.5, 0.6) is 0 Å². The molecule has 1 aliphatic rings. The molecule has 0 spiro atoms. The smallest absolute Gasteiger partial charge is 0.258 e. The van der Waals surface area contributed by atoms with E-state index in [1.807, 2.05) is 24.9 Å². The lowest BCUT2D eigenvalue weighted by Crippen LogP contribution is -2.24. The first-order valence-electron chi connectivity index (χ1n) is 10.1. The first-order chi connectivity index (χ1) is 15.4. The summed E-state index contributed by atoms with van der Waals surface area (Å²) in [4.78, 5) is 36.0. The highest BCUT2D eigenvalue weighted by molar-refractivity contribution is 6.12. The SMILES string of the molecule is Cc1ccc(NC(=O)c2ccccc2NC(=O)c2ccc(C3=NCCN3C)cc2F)nc1. The van der Waals surface area contributed by atoms with Crippen LogP contribution >= 0.6 is 0 Å². The summed E-state index contributed by atoms with van der Waals surface area (Å²) in [6.07, 6.45) is 1.64. The third-order valence-electron chi connectivity index (χ3n) is 5.10. The van der Waals surface area contributed by atoms with Gasteiger partial charge in [-0.3, -0.25) is 14.6 Å². The van der Waals surface area contributed by atoms with E-state index in [-0.39, 0.29) is 16.8 Å². The number of hydrogen-bond acceptors (Lipinski definition) is 5. The van der Waals surface area contributed by atoms with Gasteiger partial charge in [0, 0.05) is 25.4 Å². The zero-order valence-electron chi connectivity index (χ0n) is 17.7. The molecule has 2 aromatic carbocycles. The van der Waals surface area contributed by atoms with Crippen LogP contribution in [0.1, 0.15) is 31.8 Å². The van der Waals surface area contributed by atoms with Crippen LogP contribution in [0.2, 0.25) is 0 Å². The molecule has 4 rings (SSSR count). The molecule has 0 aliphatic carbocycles. The fourth-order valence-corrected chi connectivity index (χ4v) is 3.39. The Morgan fingerprint density at radius 3 is 2.47 bits per heavy atom. The van der Waals surface area contributed by atoms with E-state index in [9.17, 15) is 14.0 Å². The van der Waals surface area contributed by atoms with E-state index in [1.165, 1.54) is 12.1 Å². The number of carbonyl (C=O) groups is 2. The Morgan fingerprint density at radius 2 is 1.78 bits per heavy atom. The minimum Gasteiger partial charge on any atom is -0.358 e. The molecule has 2 heterocycles. The van der Waals surface area contributed by atoms with Crippen molar-refractivity contribution < 1.29 is 14.0 Å². The Kier molecular flexibility index (Phi) is 5.93. The van der Waals surface area contributed by atoms with Gasteiger partial charge in [-0.05, 0) is 42.8 Å². The van der Waals surface area contributed by atoms with Gasteiger partial charge in [0.15, 0.2) is 0 Å². The molecule has 0 radical (unpaired) electrons. The van der Waals surface area contributed by atoms with E-state index < -0.39 is 17.6 Å². The van der Waals surface area contributed by atoms with Crippen molar-refractivity contribution in [2.24, 2.45) is 4.99 Å². The fraction of sp³-hybridized carbons (Fsp3) is 0.167. The molecular weight excluding hydrogens is 409 g/mol. The normalized spacial score (nSPS) is 13.0. The zero-order chi connectivity index (χ0) is 22.7. The van der Waals surface area contributed by atoms with Crippen molar-refractivity contribution in [1.82, 2.24) is 9.88 Å². The standard InChI is InChI=1S/C24H22FN5O2/c1-15-7-10-21(27-14-15)29-24(32)18-5-3-4-6-20(18)28-23(31)17-9-8-16(13-19(17)25)22-26-11-12-30(22)2/h3-10,13-14H,11-12H2,1-2H3,(H,28,31)(H,27,29,32). The first-order valence-corrected chi connectivity index (χ1v) is 10.1. The van der Waals surface area contributed by atoms with Crippen molar-refractivity contribution in [3.8, 4) is 0 Å². The third kappa shape index (κ3) is 4.49. The Labute approximate surface area is 185 Å². The number of para-hydroxylation sites is 1. The molecule has 0 saturated heterocycles. The number of pyridine rings is 1. The summed E-state index contributed by atoms with van der Waals surface area (Å²) in [5.41, 5.74) is 1.97. The second-order valence-electron chi connectivity index (χ2n) is 7.50. The van der Waals surface area contributed by atoms with Gasteiger partial charge in [0.1, 0.15) is 17.5 Å². The van der Waals surface area contributed by atoms with E-state index in [2.05, 4.69) is 20.6 Å². The minimum absolute atomic E-state index is 0.120. The molecule has 1 aromatic heterocycles. The summed E-state index contributed by atoms with van der Waals surface area (Å²) in [7, 11) is 1.89. The number of aliphatic imine (C=N–C) groups is 1. The predicted molar refractivity (Wildman–Crippen MR) is 122 cm³/mol. The molecule has 2 amide bonds. The van der Waals surface area contributed by atoms with Crippen molar-refractivity contribution in [2.45, 2.75) is 6.92 Å². The molecule has 2 N–H and O–H groups in total. The summed E-state index contributed by atoms with van der Waals surface area (Å²) < 4.78 is 14.7. The van der Waals surface area contributed by atoms with Crippen molar-refractivity contribution in [2.75, 3.05) is 30.8 Å². The van der Waals surface area contributed by atoms with Gasteiger partial charge in [-0.25, -0.2) is 9.37 Å². The molecule has 32 heavy (non-hydrogen) atoms. The van der Waals surface area contributed by atoms with Crippen LogP contribution in [-0.4, -0.2) is 47.7 Å². The van der Waals surface area contributed by atoms with Gasteiger partial charge in [-0.2, -0.15) is 0 Å². The number of hydrogen-bond donors (Lipinski definition) is 2. The van der Waals surface area contributed by atoms with Crippen molar-refractivity contribution in [3.63, 3.8) is 0 Å². The number of carbonyl (C=O) groups excluding carboxylic acids is 2. The van der Waals surface area contributed by atoms with Crippen LogP contribution in [0.25, 0.3) is 0 Å². The van der Waals surface area contributed by atoms with Gasteiger partial charge in [-0.1, -0.05) is 24.3 Å². The molecule has 7 nitrogen and oxygen atoms in total. The highest BCUT2D eigenvalue weighted by Crippen LogP contribution is 2.20. The van der Waals surface area contributed by atoms with E-state index >= 15 is 0 Å².